The molecule has 0 unspecified atom stereocenters. The number of thioether (sulfide) groups is 1. The summed E-state index contributed by atoms with van der Waals surface area (Å²) >= 11 is 4.97. The number of nitrogen functional groups attached to an aromatic ring is 1. The molecule has 0 amide bonds. The summed E-state index contributed by atoms with van der Waals surface area (Å²) < 4.78 is 28.3. The first kappa shape index (κ1) is 17.0. The van der Waals surface area contributed by atoms with Gasteiger partial charge in [-0.3, -0.25) is 0 Å². The minimum Gasteiger partial charge on any atom is -0.307 e. The van der Waals surface area contributed by atoms with Gasteiger partial charge in [0.2, 0.25) is 10.0 Å². The van der Waals surface area contributed by atoms with E-state index in [0.29, 0.717) is 11.0 Å². The van der Waals surface area contributed by atoms with Gasteiger partial charge in [0.1, 0.15) is 4.90 Å². The number of hydrazine groups is 1. The third-order valence-electron chi connectivity index (χ3n) is 3.78. The summed E-state index contributed by atoms with van der Waals surface area (Å²) in [6.45, 7) is 0.424. The molecular weight excluding hydrogens is 376 g/mol. The van der Waals surface area contributed by atoms with Crippen molar-refractivity contribution in [1.82, 2.24) is 9.71 Å². The summed E-state index contributed by atoms with van der Waals surface area (Å²) in [7, 11) is -3.66. The molecule has 1 heterocycles. The smallest absolute Gasteiger partial charge is 0.244 e. The fraction of sp³-hybridized carbons (Fsp3) is 0.583. The van der Waals surface area contributed by atoms with Gasteiger partial charge >= 0.3 is 0 Å². The summed E-state index contributed by atoms with van der Waals surface area (Å²) in [6.07, 6.45) is 7.90. The van der Waals surface area contributed by atoms with E-state index in [1.807, 2.05) is 6.26 Å². The normalized spacial score (nSPS) is 17.9. The molecule has 21 heavy (non-hydrogen) atoms. The van der Waals surface area contributed by atoms with Gasteiger partial charge in [-0.25, -0.2) is 24.0 Å². The first-order valence-electron chi connectivity index (χ1n) is 6.59. The fourth-order valence-electron chi connectivity index (χ4n) is 2.51. The Labute approximate surface area is 137 Å². The highest BCUT2D eigenvalue weighted by atomic mass is 79.9. The molecule has 9 heteroatoms. The molecule has 0 aromatic carbocycles. The quantitative estimate of drug-likeness (QED) is 0.504. The van der Waals surface area contributed by atoms with Crippen molar-refractivity contribution in [3.63, 3.8) is 0 Å². The Hall–Kier alpha value is -0.350. The maximum absolute atomic E-state index is 12.5. The third-order valence-corrected chi connectivity index (χ3v) is 7.04. The number of sulfonamides is 1. The molecule has 1 saturated carbocycles. The monoisotopic (exact) mass is 394 g/mol. The molecule has 4 N–H and O–H groups in total. The third kappa shape index (κ3) is 3.89. The van der Waals surface area contributed by atoms with Crippen LogP contribution in [0.5, 0.6) is 0 Å². The number of aromatic nitrogens is 1. The van der Waals surface area contributed by atoms with Crippen LogP contribution < -0.4 is 16.0 Å². The van der Waals surface area contributed by atoms with Gasteiger partial charge in [0.25, 0.3) is 0 Å². The number of pyridine rings is 1. The number of hydrogen-bond acceptors (Lipinski definition) is 6. The Morgan fingerprint density at radius 2 is 2.14 bits per heavy atom. The van der Waals surface area contributed by atoms with E-state index in [2.05, 4.69) is 31.1 Å². The second-order valence-corrected chi connectivity index (χ2v) is 8.99. The van der Waals surface area contributed by atoms with Crippen LogP contribution in [0.1, 0.15) is 25.7 Å². The average molecular weight is 395 g/mol. The van der Waals surface area contributed by atoms with Crippen molar-refractivity contribution >= 4 is 43.5 Å². The van der Waals surface area contributed by atoms with E-state index in [0.717, 1.165) is 25.7 Å². The summed E-state index contributed by atoms with van der Waals surface area (Å²) in [5, 5.41) is 0. The zero-order chi connectivity index (χ0) is 15.5. The molecule has 0 atom stereocenters. The molecule has 1 aromatic heterocycles. The molecule has 0 spiro atoms. The molecule has 1 fully saturated rings. The van der Waals surface area contributed by atoms with Crippen molar-refractivity contribution in [2.45, 2.75) is 35.3 Å². The Balaban J connectivity index is 2.20. The van der Waals surface area contributed by atoms with Crippen LogP contribution >= 0.6 is 27.7 Å². The minimum atomic E-state index is -3.66. The van der Waals surface area contributed by atoms with Gasteiger partial charge in [0, 0.05) is 22.0 Å². The van der Waals surface area contributed by atoms with Crippen molar-refractivity contribution in [3.8, 4) is 0 Å². The van der Waals surface area contributed by atoms with Gasteiger partial charge in [-0.2, -0.15) is 11.8 Å². The first-order chi connectivity index (χ1) is 9.92. The zero-order valence-corrected chi connectivity index (χ0v) is 14.9. The van der Waals surface area contributed by atoms with Crippen LogP contribution in [0.15, 0.2) is 21.6 Å². The number of nitrogens with one attached hydrogen (secondary N) is 2. The Bertz CT molecular complexity index is 603. The second kappa shape index (κ2) is 6.82. The van der Waals surface area contributed by atoms with Gasteiger partial charge in [-0.1, -0.05) is 12.8 Å². The van der Waals surface area contributed by atoms with Gasteiger partial charge < -0.3 is 5.43 Å². The van der Waals surface area contributed by atoms with Crippen LogP contribution in [-0.2, 0) is 10.0 Å². The number of hydrogen-bond donors (Lipinski definition) is 3. The van der Waals surface area contributed by atoms with Crippen molar-refractivity contribution in [2.75, 3.05) is 18.2 Å². The molecule has 6 nitrogen and oxygen atoms in total. The molecule has 1 aliphatic carbocycles. The van der Waals surface area contributed by atoms with Gasteiger partial charge in [-0.15, -0.1) is 0 Å². The molecule has 1 aromatic rings. The van der Waals surface area contributed by atoms with E-state index in [1.54, 1.807) is 11.8 Å². The van der Waals surface area contributed by atoms with Crippen LogP contribution in [0.3, 0.4) is 0 Å². The maximum atomic E-state index is 12.5. The highest BCUT2D eigenvalue weighted by Gasteiger charge is 2.34. The summed E-state index contributed by atoms with van der Waals surface area (Å²) in [5.74, 6) is 5.48. The highest BCUT2D eigenvalue weighted by Crippen LogP contribution is 2.39. The zero-order valence-electron chi connectivity index (χ0n) is 11.7. The SMILES string of the molecule is CSC1(CNS(=O)(=O)c2cc(Br)cnc2NN)CCCC1. The van der Waals surface area contributed by atoms with Crippen molar-refractivity contribution < 1.29 is 8.42 Å². The van der Waals surface area contributed by atoms with Crippen molar-refractivity contribution in [2.24, 2.45) is 5.84 Å². The Morgan fingerprint density at radius 1 is 1.48 bits per heavy atom. The van der Waals surface area contributed by atoms with Crippen LogP contribution in [0, 0.1) is 0 Å². The van der Waals surface area contributed by atoms with Gasteiger partial charge in [0.15, 0.2) is 5.82 Å². The number of rotatable bonds is 6. The van der Waals surface area contributed by atoms with Gasteiger partial charge in [0.05, 0.1) is 0 Å². The van der Waals surface area contributed by atoms with E-state index < -0.39 is 10.0 Å². The lowest BCUT2D eigenvalue weighted by Crippen LogP contribution is -2.38. The van der Waals surface area contributed by atoms with Crippen LogP contribution in [0.4, 0.5) is 5.82 Å². The predicted octanol–water partition coefficient (Wildman–Crippen LogP) is 2.08. The molecular formula is C12H19BrN4O2S2. The van der Waals surface area contributed by atoms with Crippen LogP contribution in [-0.4, -0.2) is 30.9 Å². The number of anilines is 1. The number of nitrogens with two attached hydrogens (primary N) is 1. The minimum absolute atomic E-state index is 0.00280. The Kier molecular flexibility index (Phi) is 5.53. The molecule has 118 valence electrons. The number of halogens is 1. The fourth-order valence-corrected chi connectivity index (χ4v) is 5.27. The van der Waals surface area contributed by atoms with E-state index in [-0.39, 0.29) is 15.5 Å². The van der Waals surface area contributed by atoms with Gasteiger partial charge in [-0.05, 0) is 41.1 Å². The topological polar surface area (TPSA) is 97.1 Å². The van der Waals surface area contributed by atoms with E-state index >= 15 is 0 Å². The summed E-state index contributed by atoms with van der Waals surface area (Å²) in [4.78, 5) is 4.02. The van der Waals surface area contributed by atoms with Crippen LogP contribution in [0.2, 0.25) is 0 Å². The molecule has 0 saturated heterocycles. The second-order valence-electron chi connectivity index (χ2n) is 5.06. The number of nitrogens with zero attached hydrogens (tertiary/aromatic N) is 1. The predicted molar refractivity (Wildman–Crippen MR) is 89.6 cm³/mol. The van der Waals surface area contributed by atoms with E-state index in [4.69, 9.17) is 5.84 Å². The largest absolute Gasteiger partial charge is 0.307 e. The summed E-state index contributed by atoms with van der Waals surface area (Å²) in [6, 6.07) is 1.49. The lowest BCUT2D eigenvalue weighted by atomic mass is 10.1. The van der Waals surface area contributed by atoms with Crippen molar-refractivity contribution in [3.05, 3.63) is 16.7 Å². The lowest BCUT2D eigenvalue weighted by Gasteiger charge is -2.27. The van der Waals surface area contributed by atoms with Crippen LogP contribution in [0.25, 0.3) is 0 Å². The molecule has 0 bridgehead atoms. The van der Waals surface area contributed by atoms with E-state index in [1.165, 1.54) is 12.3 Å². The highest BCUT2D eigenvalue weighted by molar-refractivity contribution is 9.10. The first-order valence-corrected chi connectivity index (χ1v) is 10.1. The molecule has 0 aliphatic heterocycles. The maximum Gasteiger partial charge on any atom is 0.244 e. The summed E-state index contributed by atoms with van der Waals surface area (Å²) in [5.41, 5.74) is 2.32. The lowest BCUT2D eigenvalue weighted by molar-refractivity contribution is 0.551. The molecule has 0 radical (unpaired) electrons. The van der Waals surface area contributed by atoms with Crippen molar-refractivity contribution in [1.29, 1.82) is 0 Å². The molecule has 1 aliphatic rings. The standard InChI is InChI=1S/C12H19BrN4O2S2/c1-20-12(4-2-3-5-12)8-16-21(18,19)10-6-9(13)7-15-11(10)17-14/h6-7,16H,2-5,8,14H2,1H3,(H,15,17). The Morgan fingerprint density at radius 3 is 2.71 bits per heavy atom. The average Bonchev–Trinajstić information content (AvgIpc) is 2.95. The molecule has 2 rings (SSSR count). The van der Waals surface area contributed by atoms with E-state index in [9.17, 15) is 8.42 Å².